The molecule has 122 valence electrons. The fourth-order valence-electron chi connectivity index (χ4n) is 3.10. The van der Waals surface area contributed by atoms with Crippen molar-refractivity contribution in [2.45, 2.75) is 58.4 Å². The highest BCUT2D eigenvalue weighted by molar-refractivity contribution is 5.93. The van der Waals surface area contributed by atoms with Gasteiger partial charge in [-0.3, -0.25) is 4.79 Å². The van der Waals surface area contributed by atoms with E-state index in [2.05, 4.69) is 5.32 Å². The molecule has 1 saturated carbocycles. The Balaban J connectivity index is 2.09. The van der Waals surface area contributed by atoms with E-state index in [1.807, 2.05) is 12.1 Å². The number of benzene rings is 1. The Hall–Kier alpha value is -1.59. The number of nitrogens with one attached hydrogen (secondary N) is 1. The van der Waals surface area contributed by atoms with Crippen molar-refractivity contribution in [2.75, 3.05) is 10.2 Å². The van der Waals surface area contributed by atoms with Crippen LogP contribution >= 0.6 is 0 Å². The van der Waals surface area contributed by atoms with Crippen LogP contribution in [0.1, 0.15) is 46.0 Å². The van der Waals surface area contributed by atoms with E-state index in [0.717, 1.165) is 25.7 Å². The van der Waals surface area contributed by atoms with Gasteiger partial charge in [0.2, 0.25) is 5.91 Å². The molecule has 1 fully saturated rings. The number of rotatable bonds is 5. The van der Waals surface area contributed by atoms with E-state index in [4.69, 9.17) is 0 Å². The zero-order valence-corrected chi connectivity index (χ0v) is 13.3. The highest BCUT2D eigenvalue weighted by Crippen LogP contribution is 2.26. The molecule has 5 heteroatoms. The Morgan fingerprint density at radius 1 is 1.18 bits per heavy atom. The number of aliphatic hydroxyl groups excluding tert-OH is 2. The average Bonchev–Trinajstić information content (AvgIpc) is 2.47. The summed E-state index contributed by atoms with van der Waals surface area (Å²) in [4.78, 5) is 13.8. The first-order valence-corrected chi connectivity index (χ1v) is 8.04. The first-order chi connectivity index (χ1) is 10.5. The smallest absolute Gasteiger partial charge is 0.227 e. The van der Waals surface area contributed by atoms with Crippen molar-refractivity contribution >= 4 is 17.3 Å². The molecule has 1 aliphatic rings. The normalized spacial score (nSPS) is 18.5. The molecule has 1 amide bonds. The first-order valence-electron chi connectivity index (χ1n) is 8.04. The van der Waals surface area contributed by atoms with E-state index >= 15 is 0 Å². The van der Waals surface area contributed by atoms with Crippen LogP contribution in [0.5, 0.6) is 0 Å². The number of hydrogen-bond acceptors (Lipinski definition) is 4. The fourth-order valence-corrected chi connectivity index (χ4v) is 3.10. The third-order valence-electron chi connectivity index (χ3n) is 4.19. The Kier molecular flexibility index (Phi) is 5.80. The Labute approximate surface area is 131 Å². The van der Waals surface area contributed by atoms with Crippen LogP contribution in [-0.4, -0.2) is 28.6 Å². The molecule has 0 bridgehead atoms. The lowest BCUT2D eigenvalue weighted by Gasteiger charge is -2.31. The van der Waals surface area contributed by atoms with Gasteiger partial charge in [-0.2, -0.15) is 0 Å². The lowest BCUT2D eigenvalue weighted by molar-refractivity contribution is -0.120. The van der Waals surface area contributed by atoms with E-state index in [0.29, 0.717) is 11.4 Å². The summed E-state index contributed by atoms with van der Waals surface area (Å²) in [6, 6.07) is 7.21. The zero-order valence-electron chi connectivity index (χ0n) is 13.3. The summed E-state index contributed by atoms with van der Waals surface area (Å²) in [6.07, 6.45) is 3.74. The molecule has 0 heterocycles. The van der Waals surface area contributed by atoms with Crippen molar-refractivity contribution in [3.05, 3.63) is 24.3 Å². The third-order valence-corrected chi connectivity index (χ3v) is 4.19. The van der Waals surface area contributed by atoms with Gasteiger partial charge in [0.25, 0.3) is 0 Å². The van der Waals surface area contributed by atoms with Crippen molar-refractivity contribution in [3.8, 4) is 0 Å². The first kappa shape index (κ1) is 16.8. The van der Waals surface area contributed by atoms with Gasteiger partial charge >= 0.3 is 0 Å². The molecule has 3 N–H and O–H groups in total. The molecular weight excluding hydrogens is 280 g/mol. The van der Waals surface area contributed by atoms with Crippen LogP contribution < -0.4 is 10.2 Å². The van der Waals surface area contributed by atoms with Gasteiger partial charge in [0, 0.05) is 17.3 Å². The molecule has 0 aliphatic heterocycles. The van der Waals surface area contributed by atoms with Crippen LogP contribution in [0.15, 0.2) is 24.3 Å². The van der Waals surface area contributed by atoms with Gasteiger partial charge in [-0.25, -0.2) is 0 Å². The van der Waals surface area contributed by atoms with Gasteiger partial charge in [-0.05, 0) is 44.9 Å². The summed E-state index contributed by atoms with van der Waals surface area (Å²) >= 11 is 0. The quantitative estimate of drug-likeness (QED) is 0.731. The SMILES string of the molecule is CC(O)N(c1cccc(NC(=O)C2CCCCC2)c1)C(C)O. The molecule has 0 saturated heterocycles. The van der Waals surface area contributed by atoms with Gasteiger partial charge in [0.1, 0.15) is 12.5 Å². The van der Waals surface area contributed by atoms with Crippen molar-refractivity contribution in [2.24, 2.45) is 5.92 Å². The number of nitrogens with zero attached hydrogens (tertiary/aromatic N) is 1. The maximum atomic E-state index is 12.3. The Morgan fingerprint density at radius 2 is 1.82 bits per heavy atom. The largest absolute Gasteiger partial charge is 0.374 e. The molecule has 5 nitrogen and oxygen atoms in total. The minimum Gasteiger partial charge on any atom is -0.374 e. The van der Waals surface area contributed by atoms with Crippen LogP contribution in [-0.2, 0) is 4.79 Å². The summed E-state index contributed by atoms with van der Waals surface area (Å²) in [5.74, 6) is 0.166. The molecule has 1 aromatic rings. The molecule has 22 heavy (non-hydrogen) atoms. The van der Waals surface area contributed by atoms with E-state index in [1.54, 1.807) is 26.0 Å². The predicted molar refractivity (Wildman–Crippen MR) is 87.5 cm³/mol. The second-order valence-corrected chi connectivity index (χ2v) is 6.05. The molecule has 0 aromatic heterocycles. The topological polar surface area (TPSA) is 72.8 Å². The van der Waals surface area contributed by atoms with Gasteiger partial charge in [0.05, 0.1) is 0 Å². The molecule has 1 aromatic carbocycles. The van der Waals surface area contributed by atoms with Gasteiger partial charge in [-0.15, -0.1) is 0 Å². The zero-order chi connectivity index (χ0) is 16.1. The molecule has 2 atom stereocenters. The standard InChI is InChI=1S/C17H26N2O3/c1-12(20)19(13(2)21)16-10-6-9-15(11-16)18-17(22)14-7-4-3-5-8-14/h6,9-14,20-21H,3-5,7-8H2,1-2H3,(H,18,22). The van der Waals surface area contributed by atoms with Crippen LogP contribution in [0.2, 0.25) is 0 Å². The number of carbonyl (C=O) groups is 1. The summed E-state index contributed by atoms with van der Waals surface area (Å²) in [6.45, 7) is 3.19. The highest BCUT2D eigenvalue weighted by Gasteiger charge is 2.22. The van der Waals surface area contributed by atoms with Crippen LogP contribution in [0, 0.1) is 5.92 Å². The second-order valence-electron chi connectivity index (χ2n) is 6.05. The summed E-state index contributed by atoms with van der Waals surface area (Å²) in [7, 11) is 0. The predicted octanol–water partition coefficient (Wildman–Crippen LogP) is 2.69. The van der Waals surface area contributed by atoms with Crippen molar-refractivity contribution in [3.63, 3.8) is 0 Å². The third kappa shape index (κ3) is 4.21. The van der Waals surface area contributed by atoms with Crippen molar-refractivity contribution in [1.29, 1.82) is 0 Å². The van der Waals surface area contributed by atoms with E-state index in [-0.39, 0.29) is 11.8 Å². The van der Waals surface area contributed by atoms with Crippen LogP contribution in [0.25, 0.3) is 0 Å². The lowest BCUT2D eigenvalue weighted by atomic mass is 9.88. The van der Waals surface area contributed by atoms with Gasteiger partial charge < -0.3 is 20.4 Å². The molecular formula is C17H26N2O3. The molecule has 1 aliphatic carbocycles. The van der Waals surface area contributed by atoms with Crippen molar-refractivity contribution in [1.82, 2.24) is 0 Å². The van der Waals surface area contributed by atoms with Crippen LogP contribution in [0.4, 0.5) is 11.4 Å². The number of carbonyl (C=O) groups excluding carboxylic acids is 1. The molecule has 2 unspecified atom stereocenters. The Bertz CT molecular complexity index is 488. The van der Waals surface area contributed by atoms with Gasteiger partial charge in [-0.1, -0.05) is 25.3 Å². The van der Waals surface area contributed by atoms with E-state index in [9.17, 15) is 15.0 Å². The molecule has 0 radical (unpaired) electrons. The Morgan fingerprint density at radius 3 is 2.41 bits per heavy atom. The number of anilines is 2. The maximum Gasteiger partial charge on any atom is 0.227 e. The van der Waals surface area contributed by atoms with Crippen LogP contribution in [0.3, 0.4) is 0 Å². The second kappa shape index (κ2) is 7.61. The fraction of sp³-hybridized carbons (Fsp3) is 0.588. The summed E-state index contributed by atoms with van der Waals surface area (Å²) < 4.78 is 0. The maximum absolute atomic E-state index is 12.3. The lowest BCUT2D eigenvalue weighted by Crippen LogP contribution is -2.40. The molecule has 0 spiro atoms. The summed E-state index contributed by atoms with van der Waals surface area (Å²) in [5.41, 5.74) is 1.37. The number of amides is 1. The van der Waals surface area contributed by atoms with Gasteiger partial charge in [0.15, 0.2) is 0 Å². The number of hydrogen-bond donors (Lipinski definition) is 3. The minimum atomic E-state index is -0.815. The summed E-state index contributed by atoms with van der Waals surface area (Å²) in [5, 5.41) is 22.5. The van der Waals surface area contributed by atoms with E-state index < -0.39 is 12.5 Å². The molecule has 2 rings (SSSR count). The number of aliphatic hydroxyl groups is 2. The highest BCUT2D eigenvalue weighted by atomic mass is 16.3. The average molecular weight is 306 g/mol. The van der Waals surface area contributed by atoms with Crippen molar-refractivity contribution < 1.29 is 15.0 Å². The van der Waals surface area contributed by atoms with E-state index in [1.165, 1.54) is 11.3 Å². The monoisotopic (exact) mass is 306 g/mol. The minimum absolute atomic E-state index is 0.0671.